The van der Waals surface area contributed by atoms with Crippen LogP contribution in [0.2, 0.25) is 0 Å². The van der Waals surface area contributed by atoms with Gasteiger partial charge in [0, 0.05) is 24.7 Å². The maximum absolute atomic E-state index is 14.6. The molecule has 4 nitrogen and oxygen atoms in total. The van der Waals surface area contributed by atoms with E-state index in [0.717, 1.165) is 16.7 Å². The number of aromatic nitrogens is 1. The molecule has 0 aliphatic carbocycles. The Morgan fingerprint density at radius 3 is 2.32 bits per heavy atom. The van der Waals surface area contributed by atoms with Gasteiger partial charge in [-0.05, 0) is 71.3 Å². The SMILES string of the molecule is Cc1cc(C(=O)N(CCc2cccc(OC(F)(F)F)c2)Cc2ccc(C(C)(C)C)cc2)c2c(ccn2F)c1. The van der Waals surface area contributed by atoms with Gasteiger partial charge in [0.15, 0.2) is 0 Å². The Hall–Kier alpha value is -3.81. The predicted molar refractivity (Wildman–Crippen MR) is 140 cm³/mol. The minimum atomic E-state index is -4.79. The van der Waals surface area contributed by atoms with E-state index >= 15 is 0 Å². The first-order valence-electron chi connectivity index (χ1n) is 12.3. The first-order valence-corrected chi connectivity index (χ1v) is 12.3. The Morgan fingerprint density at radius 2 is 1.66 bits per heavy atom. The summed E-state index contributed by atoms with van der Waals surface area (Å²) in [5, 5.41) is 0.613. The number of amides is 1. The minimum absolute atomic E-state index is 0.0305. The van der Waals surface area contributed by atoms with E-state index in [2.05, 4.69) is 25.5 Å². The maximum Gasteiger partial charge on any atom is 0.573 e. The number of carbonyl (C=O) groups is 1. The van der Waals surface area contributed by atoms with Gasteiger partial charge < -0.3 is 9.64 Å². The summed E-state index contributed by atoms with van der Waals surface area (Å²) >= 11 is 0. The molecule has 1 aromatic heterocycles. The third-order valence-corrected chi connectivity index (χ3v) is 6.40. The second-order valence-corrected chi connectivity index (χ2v) is 10.5. The summed E-state index contributed by atoms with van der Waals surface area (Å²) in [5.74, 6) is -0.680. The molecule has 0 saturated carbocycles. The lowest BCUT2D eigenvalue weighted by atomic mass is 9.87. The summed E-state index contributed by atoms with van der Waals surface area (Å²) in [5.41, 5.74) is 3.82. The maximum atomic E-state index is 14.6. The van der Waals surface area contributed by atoms with Gasteiger partial charge >= 0.3 is 6.36 Å². The van der Waals surface area contributed by atoms with Gasteiger partial charge in [0.25, 0.3) is 5.91 Å². The van der Waals surface area contributed by atoms with E-state index in [1.807, 2.05) is 37.3 Å². The van der Waals surface area contributed by atoms with Crippen LogP contribution in [0.1, 0.15) is 53.4 Å². The summed E-state index contributed by atoms with van der Waals surface area (Å²) in [6.07, 6.45) is -3.24. The summed E-state index contributed by atoms with van der Waals surface area (Å²) in [6, 6.07) is 18.8. The number of hydrogen-bond donors (Lipinski definition) is 0. The Bertz CT molecular complexity index is 1430. The van der Waals surface area contributed by atoms with Gasteiger partial charge in [-0.1, -0.05) is 61.7 Å². The average Bonchev–Trinajstić information content (AvgIpc) is 3.20. The van der Waals surface area contributed by atoms with Crippen LogP contribution in [-0.2, 0) is 18.4 Å². The highest BCUT2D eigenvalue weighted by molar-refractivity contribution is 6.06. The van der Waals surface area contributed by atoms with Crippen LogP contribution in [0.3, 0.4) is 0 Å². The van der Waals surface area contributed by atoms with Gasteiger partial charge in [-0.3, -0.25) is 4.79 Å². The fourth-order valence-electron chi connectivity index (χ4n) is 4.47. The number of halogens is 4. The van der Waals surface area contributed by atoms with Gasteiger partial charge in [0.1, 0.15) is 5.75 Å². The van der Waals surface area contributed by atoms with Crippen molar-refractivity contribution in [2.24, 2.45) is 0 Å². The zero-order valence-corrected chi connectivity index (χ0v) is 21.8. The number of carbonyl (C=O) groups excluding carboxylic acids is 1. The largest absolute Gasteiger partial charge is 0.573 e. The quantitative estimate of drug-likeness (QED) is 0.231. The van der Waals surface area contributed by atoms with E-state index in [1.54, 1.807) is 23.1 Å². The molecule has 0 unspecified atom stereocenters. The molecule has 0 N–H and O–H groups in total. The number of ether oxygens (including phenoxy) is 1. The Kier molecular flexibility index (Phi) is 7.54. The molecule has 4 aromatic rings. The van der Waals surface area contributed by atoms with Gasteiger partial charge in [0.05, 0.1) is 11.1 Å². The molecule has 3 aromatic carbocycles. The molecule has 0 aliphatic heterocycles. The monoisotopic (exact) mass is 526 g/mol. The highest BCUT2D eigenvalue weighted by atomic mass is 19.4. The smallest absolute Gasteiger partial charge is 0.406 e. The number of alkyl halides is 3. The number of rotatable bonds is 7. The van der Waals surface area contributed by atoms with Crippen LogP contribution in [0.5, 0.6) is 5.75 Å². The third kappa shape index (κ3) is 6.54. The summed E-state index contributed by atoms with van der Waals surface area (Å²) in [7, 11) is 0. The number of nitrogens with zero attached hydrogens (tertiary/aromatic N) is 2. The normalized spacial score (nSPS) is 12.1. The molecule has 0 radical (unpaired) electrons. The topological polar surface area (TPSA) is 34.5 Å². The molecular weight excluding hydrogens is 496 g/mol. The van der Waals surface area contributed by atoms with Gasteiger partial charge in [0.2, 0.25) is 0 Å². The third-order valence-electron chi connectivity index (χ3n) is 6.40. The highest BCUT2D eigenvalue weighted by Gasteiger charge is 2.31. The Morgan fingerprint density at radius 1 is 0.947 bits per heavy atom. The van der Waals surface area contributed by atoms with Crippen molar-refractivity contribution in [1.29, 1.82) is 0 Å². The standard InChI is InChI=1S/C30H30F4N2O2/c1-20-16-23-13-15-36(34)27(23)26(17-20)28(37)35(19-22-8-10-24(11-9-22)29(2,3)4)14-12-21-6-5-7-25(18-21)38-30(31,32)33/h5-11,13,15-18H,12,14,19H2,1-4H3. The molecule has 0 bridgehead atoms. The van der Waals surface area contributed by atoms with Crippen LogP contribution < -0.4 is 4.74 Å². The molecule has 38 heavy (non-hydrogen) atoms. The van der Waals surface area contributed by atoms with Crippen molar-refractivity contribution in [2.75, 3.05) is 6.54 Å². The van der Waals surface area contributed by atoms with Crippen molar-refractivity contribution in [3.05, 3.63) is 101 Å². The zero-order valence-electron chi connectivity index (χ0n) is 21.8. The molecule has 1 amide bonds. The van der Waals surface area contributed by atoms with Crippen LogP contribution in [0.25, 0.3) is 10.9 Å². The van der Waals surface area contributed by atoms with Crippen LogP contribution in [0.15, 0.2) is 72.9 Å². The van der Waals surface area contributed by atoms with Crippen molar-refractivity contribution in [3.63, 3.8) is 0 Å². The van der Waals surface area contributed by atoms with Crippen molar-refractivity contribution in [1.82, 2.24) is 9.69 Å². The number of fused-ring (bicyclic) bond motifs is 1. The number of aryl methyl sites for hydroxylation is 1. The fraction of sp³-hybridized carbons (Fsp3) is 0.300. The first kappa shape index (κ1) is 27.2. The second-order valence-electron chi connectivity index (χ2n) is 10.5. The molecule has 8 heteroatoms. The van der Waals surface area contributed by atoms with Gasteiger partial charge in [-0.25, -0.2) is 0 Å². The van der Waals surface area contributed by atoms with Crippen LogP contribution >= 0.6 is 0 Å². The average molecular weight is 527 g/mol. The fourth-order valence-corrected chi connectivity index (χ4v) is 4.47. The van der Waals surface area contributed by atoms with Crippen LogP contribution in [0, 0.1) is 6.92 Å². The summed E-state index contributed by atoms with van der Waals surface area (Å²) in [4.78, 5) is 15.9. The lowest BCUT2D eigenvalue weighted by molar-refractivity contribution is -0.274. The lowest BCUT2D eigenvalue weighted by Crippen LogP contribution is -2.33. The molecule has 1 heterocycles. The Balaban J connectivity index is 1.64. The van der Waals surface area contributed by atoms with E-state index in [1.165, 1.54) is 24.4 Å². The van der Waals surface area contributed by atoms with E-state index in [-0.39, 0.29) is 47.7 Å². The van der Waals surface area contributed by atoms with Crippen molar-refractivity contribution < 1.29 is 27.2 Å². The van der Waals surface area contributed by atoms with E-state index in [0.29, 0.717) is 15.7 Å². The summed E-state index contributed by atoms with van der Waals surface area (Å²) < 4.78 is 56.7. The molecule has 0 spiro atoms. The molecule has 4 rings (SSSR count). The second kappa shape index (κ2) is 10.5. The van der Waals surface area contributed by atoms with Gasteiger partial charge in [-0.2, -0.15) is 4.79 Å². The van der Waals surface area contributed by atoms with Crippen LogP contribution in [-0.4, -0.2) is 28.5 Å². The van der Waals surface area contributed by atoms with E-state index in [4.69, 9.17) is 0 Å². The van der Waals surface area contributed by atoms with Gasteiger partial charge in [-0.15, -0.1) is 13.2 Å². The van der Waals surface area contributed by atoms with Crippen molar-refractivity contribution in [3.8, 4) is 5.75 Å². The number of benzene rings is 3. The summed E-state index contributed by atoms with van der Waals surface area (Å²) in [6.45, 7) is 8.65. The lowest BCUT2D eigenvalue weighted by Gasteiger charge is -2.25. The number of hydrogen-bond acceptors (Lipinski definition) is 2. The first-order chi connectivity index (χ1) is 17.8. The van der Waals surface area contributed by atoms with Crippen molar-refractivity contribution >= 4 is 16.8 Å². The molecule has 0 saturated heterocycles. The minimum Gasteiger partial charge on any atom is -0.406 e. The Labute approximate surface area is 219 Å². The molecular formula is C30H30F4N2O2. The molecule has 0 fully saturated rings. The predicted octanol–water partition coefficient (Wildman–Crippen LogP) is 7.76. The van der Waals surface area contributed by atoms with Crippen molar-refractivity contribution in [2.45, 2.75) is 52.4 Å². The molecule has 200 valence electrons. The van der Waals surface area contributed by atoms with Crippen LogP contribution in [0.4, 0.5) is 17.7 Å². The molecule has 0 atom stereocenters. The van der Waals surface area contributed by atoms with E-state index in [9.17, 15) is 22.4 Å². The van der Waals surface area contributed by atoms with E-state index < -0.39 is 6.36 Å². The highest BCUT2D eigenvalue weighted by Crippen LogP contribution is 2.27. The molecule has 0 aliphatic rings. The zero-order chi connectivity index (χ0) is 27.7.